The Hall–Kier alpha value is -2.28. The van der Waals surface area contributed by atoms with Crippen molar-refractivity contribution in [3.63, 3.8) is 0 Å². The van der Waals surface area contributed by atoms with Crippen molar-refractivity contribution in [2.24, 2.45) is 0 Å². The molecule has 0 spiro atoms. The largest absolute Gasteiger partial charge is 0.493 e. The van der Waals surface area contributed by atoms with Gasteiger partial charge in [-0.25, -0.2) is 0 Å². The summed E-state index contributed by atoms with van der Waals surface area (Å²) in [5.74, 6) is 0.455. The van der Waals surface area contributed by atoms with E-state index in [4.69, 9.17) is 9.47 Å². The summed E-state index contributed by atoms with van der Waals surface area (Å²) in [5, 5.41) is 8.89. The summed E-state index contributed by atoms with van der Waals surface area (Å²) in [6.07, 6.45) is 2.01. The zero-order valence-electron chi connectivity index (χ0n) is 14.3. The van der Waals surface area contributed by atoms with Gasteiger partial charge in [0.15, 0.2) is 18.1 Å². The molecule has 0 saturated carbocycles. The van der Waals surface area contributed by atoms with Crippen molar-refractivity contribution >= 4 is 11.8 Å². The highest BCUT2D eigenvalue weighted by molar-refractivity contribution is 5.95. The molecule has 2 amide bonds. The molecule has 0 bridgehead atoms. The number of amides is 2. The molecule has 1 aliphatic heterocycles. The summed E-state index contributed by atoms with van der Waals surface area (Å²) in [6.45, 7) is 2.95. The number of hydrogen-bond acceptors (Lipinski definition) is 5. The van der Waals surface area contributed by atoms with Crippen LogP contribution in [0.25, 0.3) is 0 Å². The Morgan fingerprint density at radius 2 is 2.12 bits per heavy atom. The van der Waals surface area contributed by atoms with Crippen LogP contribution in [-0.2, 0) is 4.79 Å². The Morgan fingerprint density at radius 3 is 2.79 bits per heavy atom. The van der Waals surface area contributed by atoms with E-state index in [1.165, 1.54) is 14.2 Å². The highest BCUT2D eigenvalue weighted by atomic mass is 16.5. The maximum Gasteiger partial charge on any atom is 0.257 e. The molecule has 1 fully saturated rings. The summed E-state index contributed by atoms with van der Waals surface area (Å²) in [5.41, 5.74) is 0.497. The van der Waals surface area contributed by atoms with E-state index in [0.717, 1.165) is 19.4 Å². The lowest BCUT2D eigenvalue weighted by molar-refractivity contribution is -0.122. The van der Waals surface area contributed by atoms with Crippen LogP contribution in [0, 0.1) is 0 Å². The van der Waals surface area contributed by atoms with Crippen LogP contribution in [0.2, 0.25) is 0 Å². The van der Waals surface area contributed by atoms with E-state index < -0.39 is 0 Å². The van der Waals surface area contributed by atoms with Crippen LogP contribution in [-0.4, -0.2) is 51.2 Å². The van der Waals surface area contributed by atoms with Gasteiger partial charge in [0.2, 0.25) is 0 Å². The van der Waals surface area contributed by atoms with Gasteiger partial charge in [0.05, 0.1) is 7.11 Å². The number of methoxy groups -OCH3 is 1. The van der Waals surface area contributed by atoms with Gasteiger partial charge in [0.25, 0.3) is 11.8 Å². The Labute approximate surface area is 142 Å². The first kappa shape index (κ1) is 18.1. The van der Waals surface area contributed by atoms with Crippen LogP contribution in [0.4, 0.5) is 0 Å². The van der Waals surface area contributed by atoms with Gasteiger partial charge in [0.1, 0.15) is 0 Å². The first-order chi connectivity index (χ1) is 11.5. The van der Waals surface area contributed by atoms with Gasteiger partial charge >= 0.3 is 0 Å². The molecule has 1 aliphatic rings. The van der Waals surface area contributed by atoms with E-state index in [2.05, 4.69) is 22.9 Å². The molecule has 0 aliphatic carbocycles. The van der Waals surface area contributed by atoms with Crippen LogP contribution in [0.5, 0.6) is 11.5 Å². The third kappa shape index (κ3) is 4.61. The maximum absolute atomic E-state index is 12.5. The predicted molar refractivity (Wildman–Crippen MR) is 90.5 cm³/mol. The molecule has 1 saturated heterocycles. The highest BCUT2D eigenvalue weighted by Gasteiger charge is 2.23. The van der Waals surface area contributed by atoms with Crippen LogP contribution in [0.1, 0.15) is 30.1 Å². The predicted octanol–water partition coefficient (Wildman–Crippen LogP) is 0.690. The number of ether oxygens (including phenoxy) is 2. The Bertz CT molecular complexity index is 591. The summed E-state index contributed by atoms with van der Waals surface area (Å²) in [4.78, 5) is 23.7. The first-order valence-electron chi connectivity index (χ1n) is 8.10. The van der Waals surface area contributed by atoms with E-state index in [0.29, 0.717) is 17.1 Å². The van der Waals surface area contributed by atoms with E-state index in [9.17, 15) is 9.59 Å². The average molecular weight is 335 g/mol. The van der Waals surface area contributed by atoms with Crippen molar-refractivity contribution in [2.45, 2.75) is 31.8 Å². The zero-order chi connectivity index (χ0) is 17.5. The molecule has 0 aromatic heterocycles. The van der Waals surface area contributed by atoms with Crippen molar-refractivity contribution in [3.05, 3.63) is 23.8 Å². The first-order valence-corrected chi connectivity index (χ1v) is 8.10. The number of hydrogen-bond donors (Lipinski definition) is 3. The van der Waals surface area contributed by atoms with Crippen LogP contribution < -0.4 is 25.4 Å². The molecular weight excluding hydrogens is 310 g/mol. The topological polar surface area (TPSA) is 88.7 Å². The van der Waals surface area contributed by atoms with Crippen molar-refractivity contribution in [2.75, 3.05) is 27.3 Å². The van der Waals surface area contributed by atoms with Gasteiger partial charge in [-0.1, -0.05) is 0 Å². The molecule has 7 nitrogen and oxygen atoms in total. The van der Waals surface area contributed by atoms with Gasteiger partial charge in [-0.05, 0) is 44.5 Å². The molecule has 1 heterocycles. The smallest absolute Gasteiger partial charge is 0.257 e. The normalized spacial score (nSPS) is 20.1. The molecule has 132 valence electrons. The van der Waals surface area contributed by atoms with E-state index in [1.54, 1.807) is 18.2 Å². The Morgan fingerprint density at radius 1 is 1.33 bits per heavy atom. The van der Waals surface area contributed by atoms with Crippen molar-refractivity contribution < 1.29 is 19.1 Å². The van der Waals surface area contributed by atoms with E-state index >= 15 is 0 Å². The second-order valence-corrected chi connectivity index (χ2v) is 5.79. The third-order valence-corrected chi connectivity index (χ3v) is 4.14. The Kier molecular flexibility index (Phi) is 6.43. The van der Waals surface area contributed by atoms with Crippen molar-refractivity contribution in [3.8, 4) is 11.5 Å². The quantitative estimate of drug-likeness (QED) is 0.712. The van der Waals surface area contributed by atoms with Gasteiger partial charge in [0, 0.05) is 24.7 Å². The van der Waals surface area contributed by atoms with Crippen LogP contribution in [0.3, 0.4) is 0 Å². The Balaban J connectivity index is 2.04. The van der Waals surface area contributed by atoms with E-state index in [-0.39, 0.29) is 30.5 Å². The molecule has 3 N–H and O–H groups in total. The highest BCUT2D eigenvalue weighted by Crippen LogP contribution is 2.28. The number of piperidine rings is 1. The molecule has 7 heteroatoms. The number of carbonyl (C=O) groups excluding carboxylic acids is 2. The summed E-state index contributed by atoms with van der Waals surface area (Å²) < 4.78 is 10.7. The molecule has 1 aromatic rings. The monoisotopic (exact) mass is 335 g/mol. The minimum Gasteiger partial charge on any atom is -0.493 e. The lowest BCUT2D eigenvalue weighted by atomic mass is 9.99. The standard InChI is InChI=1S/C17H25N3O4/c1-11-13(5-4-8-19-11)20-17(22)12-6-7-14(15(9-12)23-3)24-10-16(21)18-2/h6-7,9,11,13,19H,4-5,8,10H2,1-3H3,(H,18,21)(H,20,22). The average Bonchev–Trinajstić information content (AvgIpc) is 2.61. The van der Waals surface area contributed by atoms with Gasteiger partial charge in [-0.15, -0.1) is 0 Å². The molecule has 24 heavy (non-hydrogen) atoms. The van der Waals surface area contributed by atoms with Crippen LogP contribution >= 0.6 is 0 Å². The maximum atomic E-state index is 12.5. The second kappa shape index (κ2) is 8.54. The fourth-order valence-corrected chi connectivity index (χ4v) is 2.64. The fourth-order valence-electron chi connectivity index (χ4n) is 2.64. The number of carbonyl (C=O) groups is 2. The fraction of sp³-hybridized carbons (Fsp3) is 0.529. The summed E-state index contributed by atoms with van der Waals surface area (Å²) in [7, 11) is 3.04. The van der Waals surface area contributed by atoms with Gasteiger partial charge < -0.3 is 25.4 Å². The summed E-state index contributed by atoms with van der Waals surface area (Å²) >= 11 is 0. The number of likely N-dealkylation sites (N-methyl/N-ethyl adjacent to an activating group) is 1. The lowest BCUT2D eigenvalue weighted by Crippen LogP contribution is -2.51. The minimum absolute atomic E-state index is 0.107. The number of rotatable bonds is 6. The molecular formula is C17H25N3O4. The second-order valence-electron chi connectivity index (χ2n) is 5.79. The number of benzene rings is 1. The van der Waals surface area contributed by atoms with Crippen LogP contribution in [0.15, 0.2) is 18.2 Å². The molecule has 2 rings (SSSR count). The van der Waals surface area contributed by atoms with Gasteiger partial charge in [-0.2, -0.15) is 0 Å². The number of nitrogens with one attached hydrogen (secondary N) is 3. The molecule has 0 radical (unpaired) electrons. The lowest BCUT2D eigenvalue weighted by Gasteiger charge is -2.30. The molecule has 2 unspecified atom stereocenters. The van der Waals surface area contributed by atoms with E-state index in [1.807, 2.05) is 0 Å². The minimum atomic E-state index is -0.238. The molecule has 2 atom stereocenters. The summed E-state index contributed by atoms with van der Waals surface area (Å²) in [6, 6.07) is 5.29. The van der Waals surface area contributed by atoms with Gasteiger partial charge in [-0.3, -0.25) is 9.59 Å². The zero-order valence-corrected chi connectivity index (χ0v) is 14.3. The van der Waals surface area contributed by atoms with Crippen molar-refractivity contribution in [1.29, 1.82) is 0 Å². The third-order valence-electron chi connectivity index (χ3n) is 4.14. The SMILES string of the molecule is CNC(=O)COc1ccc(C(=O)NC2CCCNC2C)cc1OC. The molecule has 1 aromatic carbocycles. The van der Waals surface area contributed by atoms with Crippen molar-refractivity contribution in [1.82, 2.24) is 16.0 Å².